The van der Waals surface area contributed by atoms with E-state index in [1.54, 1.807) is 77.7 Å². The van der Waals surface area contributed by atoms with Crippen LogP contribution in [0.25, 0.3) is 5.69 Å². The van der Waals surface area contributed by atoms with Crippen molar-refractivity contribution in [3.8, 4) is 17.2 Å². The molecule has 0 radical (unpaired) electrons. The first-order valence-corrected chi connectivity index (χ1v) is 11.3. The molecular formula is C27H27N5O4. The van der Waals surface area contributed by atoms with Crippen molar-refractivity contribution in [2.75, 3.05) is 17.2 Å². The van der Waals surface area contributed by atoms with Crippen molar-refractivity contribution in [2.24, 2.45) is 0 Å². The number of aliphatic hydroxyl groups excluding tert-OH is 1. The smallest absolute Gasteiger partial charge is 0.324 e. The number of urea groups is 1. The Morgan fingerprint density at radius 3 is 2.17 bits per heavy atom. The van der Waals surface area contributed by atoms with E-state index in [-0.39, 0.29) is 11.2 Å². The van der Waals surface area contributed by atoms with Gasteiger partial charge in [-0.1, -0.05) is 20.8 Å². The number of carbonyl (C=O) groups is 2. The van der Waals surface area contributed by atoms with Crippen LogP contribution in [0.4, 0.5) is 16.3 Å². The highest BCUT2D eigenvalue weighted by Gasteiger charge is 2.22. The van der Waals surface area contributed by atoms with Gasteiger partial charge in [0.15, 0.2) is 5.78 Å². The second-order valence-corrected chi connectivity index (χ2v) is 9.09. The number of aliphatic hydroxyl groups is 1. The van der Waals surface area contributed by atoms with Crippen LogP contribution in [-0.2, 0) is 5.41 Å². The molecule has 0 spiro atoms. The zero-order chi connectivity index (χ0) is 25.7. The molecule has 0 aliphatic heterocycles. The number of amides is 2. The number of aromatic nitrogens is 3. The lowest BCUT2D eigenvalue weighted by molar-refractivity contribution is 0.0903. The topological polar surface area (TPSA) is 118 Å². The van der Waals surface area contributed by atoms with E-state index in [2.05, 4.69) is 20.7 Å². The molecule has 9 nitrogen and oxygen atoms in total. The van der Waals surface area contributed by atoms with E-state index < -0.39 is 12.6 Å². The molecule has 0 unspecified atom stereocenters. The van der Waals surface area contributed by atoms with Gasteiger partial charge in [0, 0.05) is 35.1 Å². The number of nitrogens with zero attached hydrogens (tertiary/aromatic N) is 3. The second-order valence-electron chi connectivity index (χ2n) is 9.09. The normalized spacial score (nSPS) is 11.1. The standard InChI is InChI=1S/C27H27N5O4/c1-27(2,3)24-16-25(32(31-24)20-8-4-18(5-9-20)23(34)17-33)30-26(35)29-19-6-10-21(11-7-19)36-22-12-14-28-15-13-22/h4-16,33H,17H2,1-3H3,(H2,29,30,35). The monoisotopic (exact) mass is 485 g/mol. The highest BCUT2D eigenvalue weighted by Crippen LogP contribution is 2.27. The van der Waals surface area contributed by atoms with E-state index in [1.807, 2.05) is 26.8 Å². The van der Waals surface area contributed by atoms with E-state index in [0.717, 1.165) is 5.69 Å². The fraction of sp³-hybridized carbons (Fsp3) is 0.185. The number of anilines is 2. The van der Waals surface area contributed by atoms with Crippen molar-refractivity contribution < 1.29 is 19.4 Å². The molecule has 36 heavy (non-hydrogen) atoms. The number of nitrogens with one attached hydrogen (secondary N) is 2. The maximum absolute atomic E-state index is 12.8. The van der Waals surface area contributed by atoms with E-state index >= 15 is 0 Å². The Hall–Kier alpha value is -4.50. The molecule has 0 saturated heterocycles. The van der Waals surface area contributed by atoms with Gasteiger partial charge in [0.05, 0.1) is 11.4 Å². The number of benzene rings is 2. The number of hydrogen-bond acceptors (Lipinski definition) is 6. The fourth-order valence-corrected chi connectivity index (χ4v) is 3.34. The third kappa shape index (κ3) is 5.94. The van der Waals surface area contributed by atoms with Gasteiger partial charge in [-0.25, -0.2) is 9.48 Å². The van der Waals surface area contributed by atoms with Gasteiger partial charge in [-0.05, 0) is 60.7 Å². The molecule has 0 aliphatic rings. The van der Waals surface area contributed by atoms with Crippen LogP contribution in [0.1, 0.15) is 36.8 Å². The van der Waals surface area contributed by atoms with Gasteiger partial charge in [-0.3, -0.25) is 15.1 Å². The maximum Gasteiger partial charge on any atom is 0.324 e. The van der Waals surface area contributed by atoms with E-state index in [0.29, 0.717) is 34.3 Å². The molecule has 0 bridgehead atoms. The summed E-state index contributed by atoms with van der Waals surface area (Å²) in [5, 5.41) is 19.4. The number of rotatable bonds is 7. The van der Waals surface area contributed by atoms with Crippen LogP contribution in [0.2, 0.25) is 0 Å². The lowest BCUT2D eigenvalue weighted by Crippen LogP contribution is -2.21. The lowest BCUT2D eigenvalue weighted by Gasteiger charge is -2.14. The van der Waals surface area contributed by atoms with Crippen LogP contribution in [-0.4, -0.2) is 38.3 Å². The highest BCUT2D eigenvalue weighted by atomic mass is 16.5. The minimum Gasteiger partial charge on any atom is -0.457 e. The molecule has 2 amide bonds. The zero-order valence-electron chi connectivity index (χ0n) is 20.2. The molecule has 0 fully saturated rings. The van der Waals surface area contributed by atoms with E-state index in [9.17, 15) is 9.59 Å². The lowest BCUT2D eigenvalue weighted by atomic mass is 9.92. The molecule has 0 saturated carbocycles. The Bertz CT molecular complexity index is 1340. The minimum atomic E-state index is -0.556. The molecule has 4 rings (SSSR count). The molecular weight excluding hydrogens is 458 g/mol. The Balaban J connectivity index is 1.50. The van der Waals surface area contributed by atoms with Crippen LogP contribution in [0.15, 0.2) is 79.1 Å². The summed E-state index contributed by atoms with van der Waals surface area (Å²) in [7, 11) is 0. The van der Waals surface area contributed by atoms with Gasteiger partial charge in [0.1, 0.15) is 23.9 Å². The van der Waals surface area contributed by atoms with Crippen molar-refractivity contribution in [1.82, 2.24) is 14.8 Å². The summed E-state index contributed by atoms with van der Waals surface area (Å²) in [6, 6.07) is 18.6. The Morgan fingerprint density at radius 2 is 1.56 bits per heavy atom. The molecule has 2 aromatic carbocycles. The number of hydrogen-bond donors (Lipinski definition) is 3. The first kappa shape index (κ1) is 24.6. The third-order valence-electron chi connectivity index (χ3n) is 5.29. The van der Waals surface area contributed by atoms with Crippen molar-refractivity contribution >= 4 is 23.3 Å². The Morgan fingerprint density at radius 1 is 0.917 bits per heavy atom. The molecule has 2 heterocycles. The van der Waals surface area contributed by atoms with Crippen LogP contribution in [0.5, 0.6) is 11.5 Å². The van der Waals surface area contributed by atoms with Gasteiger partial charge in [-0.15, -0.1) is 0 Å². The van der Waals surface area contributed by atoms with Gasteiger partial charge >= 0.3 is 6.03 Å². The summed E-state index contributed by atoms with van der Waals surface area (Å²) in [5.74, 6) is 1.40. The Labute approximate surface area is 208 Å². The molecule has 9 heteroatoms. The van der Waals surface area contributed by atoms with Gasteiger partial charge in [0.25, 0.3) is 0 Å². The van der Waals surface area contributed by atoms with E-state index in [1.165, 1.54) is 0 Å². The van der Waals surface area contributed by atoms with Crippen LogP contribution >= 0.6 is 0 Å². The maximum atomic E-state index is 12.8. The molecule has 4 aromatic rings. The predicted molar refractivity (Wildman–Crippen MR) is 137 cm³/mol. The molecule has 184 valence electrons. The molecule has 2 aromatic heterocycles. The summed E-state index contributed by atoms with van der Waals surface area (Å²) in [5.41, 5.74) is 2.17. The quantitative estimate of drug-likeness (QED) is 0.311. The number of Topliss-reactive ketones (excluding diaryl/α,β-unsaturated/α-hetero) is 1. The van der Waals surface area contributed by atoms with Crippen molar-refractivity contribution in [1.29, 1.82) is 0 Å². The van der Waals surface area contributed by atoms with Crippen LogP contribution < -0.4 is 15.4 Å². The predicted octanol–water partition coefficient (Wildman–Crippen LogP) is 5.18. The average molecular weight is 486 g/mol. The molecule has 0 atom stereocenters. The van der Waals surface area contributed by atoms with E-state index in [4.69, 9.17) is 9.84 Å². The highest BCUT2D eigenvalue weighted by molar-refractivity contribution is 5.99. The van der Waals surface area contributed by atoms with Crippen molar-refractivity contribution in [3.63, 3.8) is 0 Å². The first-order valence-electron chi connectivity index (χ1n) is 11.3. The summed E-state index contributed by atoms with van der Waals surface area (Å²) in [6.07, 6.45) is 3.29. The number of carbonyl (C=O) groups excluding carboxylic acids is 2. The number of ether oxygens (including phenoxy) is 1. The Kier molecular flexibility index (Phi) is 7.12. The minimum absolute atomic E-state index is 0.254. The third-order valence-corrected chi connectivity index (χ3v) is 5.29. The summed E-state index contributed by atoms with van der Waals surface area (Å²) in [6.45, 7) is 5.53. The SMILES string of the molecule is CC(C)(C)c1cc(NC(=O)Nc2ccc(Oc3ccncc3)cc2)n(-c2ccc(C(=O)CO)cc2)n1. The zero-order valence-corrected chi connectivity index (χ0v) is 20.2. The van der Waals surface area contributed by atoms with Crippen molar-refractivity contribution in [3.05, 3.63) is 90.4 Å². The summed E-state index contributed by atoms with van der Waals surface area (Å²) < 4.78 is 7.36. The molecule has 0 aliphatic carbocycles. The van der Waals surface area contributed by atoms with Crippen LogP contribution in [0, 0.1) is 0 Å². The second kappa shape index (κ2) is 10.4. The average Bonchev–Trinajstić information content (AvgIpc) is 3.29. The largest absolute Gasteiger partial charge is 0.457 e. The van der Waals surface area contributed by atoms with Crippen molar-refractivity contribution in [2.45, 2.75) is 26.2 Å². The van der Waals surface area contributed by atoms with Gasteiger partial charge in [-0.2, -0.15) is 5.10 Å². The first-order chi connectivity index (χ1) is 17.2. The molecule has 3 N–H and O–H groups in total. The fourth-order valence-electron chi connectivity index (χ4n) is 3.34. The summed E-state index contributed by atoms with van der Waals surface area (Å²) in [4.78, 5) is 28.5. The number of ketones is 1. The van der Waals surface area contributed by atoms with Gasteiger partial charge in [0.2, 0.25) is 0 Å². The number of pyridine rings is 1. The summed E-state index contributed by atoms with van der Waals surface area (Å²) >= 11 is 0. The van der Waals surface area contributed by atoms with Crippen LogP contribution in [0.3, 0.4) is 0 Å². The van der Waals surface area contributed by atoms with Gasteiger partial charge < -0.3 is 15.2 Å².